The predicted octanol–water partition coefficient (Wildman–Crippen LogP) is 4.53. The number of para-hydroxylation sites is 1. The lowest BCUT2D eigenvalue weighted by Gasteiger charge is -2.20. The predicted molar refractivity (Wildman–Crippen MR) is 134 cm³/mol. The molecule has 0 unspecified atom stereocenters. The largest absolute Gasteiger partial charge is 0.348 e. The highest BCUT2D eigenvalue weighted by molar-refractivity contribution is 6.07. The van der Waals surface area contributed by atoms with Gasteiger partial charge in [0.1, 0.15) is 0 Å². The van der Waals surface area contributed by atoms with Crippen molar-refractivity contribution >= 4 is 29.1 Å². The molecule has 0 aromatic heterocycles. The van der Waals surface area contributed by atoms with Crippen molar-refractivity contribution < 1.29 is 14.4 Å². The summed E-state index contributed by atoms with van der Waals surface area (Å²) in [6, 6.07) is 20.7. The van der Waals surface area contributed by atoms with Crippen molar-refractivity contribution in [1.82, 2.24) is 5.32 Å². The summed E-state index contributed by atoms with van der Waals surface area (Å²) < 4.78 is 0. The maximum Gasteiger partial charge on any atom is 0.253 e. The number of nitrogens with one attached hydrogen (secondary N) is 2. The van der Waals surface area contributed by atoms with Crippen LogP contribution in [0.15, 0.2) is 66.7 Å². The molecule has 6 nitrogen and oxygen atoms in total. The van der Waals surface area contributed by atoms with Crippen LogP contribution in [0.2, 0.25) is 0 Å². The lowest BCUT2D eigenvalue weighted by atomic mass is 10.1. The summed E-state index contributed by atoms with van der Waals surface area (Å²) in [5.74, 6) is -1.09. The SMILES string of the molecule is Cc1cccc(CNC(=O)c2ccccc2NC(=O)[C@@H]2CC(=O)N(c3cccc(C)c3C)C2)c1. The zero-order valence-corrected chi connectivity index (χ0v) is 19.7. The number of aryl methyl sites for hydroxylation is 2. The molecule has 174 valence electrons. The third-order valence-corrected chi connectivity index (χ3v) is 6.33. The first-order chi connectivity index (χ1) is 16.3. The molecule has 2 N–H and O–H groups in total. The Kier molecular flexibility index (Phi) is 6.77. The van der Waals surface area contributed by atoms with Gasteiger partial charge in [-0.1, -0.05) is 54.1 Å². The minimum absolute atomic E-state index is 0.0713. The third kappa shape index (κ3) is 5.01. The molecule has 0 spiro atoms. The Morgan fingerprint density at radius 3 is 2.53 bits per heavy atom. The lowest BCUT2D eigenvalue weighted by molar-refractivity contribution is -0.122. The molecule has 1 fully saturated rings. The molecule has 1 heterocycles. The molecule has 0 radical (unpaired) electrons. The Balaban J connectivity index is 1.44. The van der Waals surface area contributed by atoms with Gasteiger partial charge < -0.3 is 15.5 Å². The standard InChI is InChI=1S/C28H29N3O3/c1-18-8-6-10-21(14-18)16-29-28(34)23-11-4-5-12-24(23)30-27(33)22-15-26(32)31(17-22)25-13-7-9-19(2)20(25)3/h4-14,22H,15-17H2,1-3H3,(H,29,34)(H,30,33)/t22-/m1/s1. The Morgan fingerprint density at radius 2 is 1.74 bits per heavy atom. The van der Waals surface area contributed by atoms with Crippen LogP contribution in [0.25, 0.3) is 0 Å². The van der Waals surface area contributed by atoms with Gasteiger partial charge in [-0.3, -0.25) is 14.4 Å². The molecule has 1 atom stereocenters. The second-order valence-electron chi connectivity index (χ2n) is 8.83. The highest BCUT2D eigenvalue weighted by Crippen LogP contribution is 2.30. The van der Waals surface area contributed by atoms with E-state index in [-0.39, 0.29) is 24.1 Å². The monoisotopic (exact) mass is 455 g/mol. The number of nitrogens with zero attached hydrogens (tertiary/aromatic N) is 1. The molecular formula is C28H29N3O3. The number of anilines is 2. The van der Waals surface area contributed by atoms with Crippen molar-refractivity contribution in [2.75, 3.05) is 16.8 Å². The maximum atomic E-state index is 13.1. The summed E-state index contributed by atoms with van der Waals surface area (Å²) >= 11 is 0. The van der Waals surface area contributed by atoms with Gasteiger partial charge in [-0.05, 0) is 55.7 Å². The van der Waals surface area contributed by atoms with E-state index in [2.05, 4.69) is 10.6 Å². The van der Waals surface area contributed by atoms with Crippen molar-refractivity contribution in [3.8, 4) is 0 Å². The molecule has 0 bridgehead atoms. The number of benzene rings is 3. The first-order valence-corrected chi connectivity index (χ1v) is 11.4. The zero-order valence-electron chi connectivity index (χ0n) is 19.7. The number of carbonyl (C=O) groups excluding carboxylic acids is 3. The maximum absolute atomic E-state index is 13.1. The molecule has 1 aliphatic rings. The fourth-order valence-electron chi connectivity index (χ4n) is 4.27. The van der Waals surface area contributed by atoms with Gasteiger partial charge in [0.2, 0.25) is 11.8 Å². The molecule has 3 aromatic carbocycles. The van der Waals surface area contributed by atoms with Gasteiger partial charge in [0.25, 0.3) is 5.91 Å². The molecule has 1 saturated heterocycles. The Bertz CT molecular complexity index is 1250. The molecule has 1 aliphatic heterocycles. The molecule has 0 aliphatic carbocycles. The number of amides is 3. The van der Waals surface area contributed by atoms with E-state index in [1.807, 2.05) is 63.2 Å². The first kappa shape index (κ1) is 23.2. The lowest BCUT2D eigenvalue weighted by Crippen LogP contribution is -2.30. The third-order valence-electron chi connectivity index (χ3n) is 6.33. The summed E-state index contributed by atoms with van der Waals surface area (Å²) in [4.78, 5) is 40.3. The minimum atomic E-state index is -0.490. The Labute approximate surface area is 200 Å². The summed E-state index contributed by atoms with van der Waals surface area (Å²) in [5, 5.41) is 5.80. The highest BCUT2D eigenvalue weighted by Gasteiger charge is 2.36. The van der Waals surface area contributed by atoms with E-state index in [0.29, 0.717) is 24.3 Å². The Hall–Kier alpha value is -3.93. The number of rotatable bonds is 6. The summed E-state index contributed by atoms with van der Waals surface area (Å²) in [7, 11) is 0. The van der Waals surface area contributed by atoms with Gasteiger partial charge in [0.15, 0.2) is 0 Å². The fourth-order valence-corrected chi connectivity index (χ4v) is 4.27. The van der Waals surface area contributed by atoms with Crippen molar-refractivity contribution in [3.05, 3.63) is 94.5 Å². The summed E-state index contributed by atoms with van der Waals surface area (Å²) in [6.45, 7) is 6.70. The van der Waals surface area contributed by atoms with Crippen LogP contribution in [0.4, 0.5) is 11.4 Å². The van der Waals surface area contributed by atoms with Crippen molar-refractivity contribution in [2.45, 2.75) is 33.7 Å². The minimum Gasteiger partial charge on any atom is -0.348 e. The molecule has 0 saturated carbocycles. The molecule has 3 amide bonds. The van der Waals surface area contributed by atoms with Crippen LogP contribution >= 0.6 is 0 Å². The fraction of sp³-hybridized carbons (Fsp3) is 0.250. The molecule has 4 rings (SSSR count). The zero-order chi connectivity index (χ0) is 24.2. The van der Waals surface area contributed by atoms with Crippen molar-refractivity contribution in [3.63, 3.8) is 0 Å². The average Bonchev–Trinajstić information content (AvgIpc) is 3.21. The average molecular weight is 456 g/mol. The Morgan fingerprint density at radius 1 is 0.971 bits per heavy atom. The second-order valence-corrected chi connectivity index (χ2v) is 8.83. The van der Waals surface area contributed by atoms with E-state index in [1.165, 1.54) is 0 Å². The quantitative estimate of drug-likeness (QED) is 0.573. The van der Waals surface area contributed by atoms with E-state index >= 15 is 0 Å². The molecule has 3 aromatic rings. The summed E-state index contributed by atoms with van der Waals surface area (Å²) in [5.41, 5.74) is 5.94. The van der Waals surface area contributed by atoms with Gasteiger partial charge >= 0.3 is 0 Å². The van der Waals surface area contributed by atoms with Crippen LogP contribution in [0.5, 0.6) is 0 Å². The molecule has 6 heteroatoms. The van der Waals surface area contributed by atoms with Crippen LogP contribution < -0.4 is 15.5 Å². The molecule has 34 heavy (non-hydrogen) atoms. The van der Waals surface area contributed by atoms with Crippen LogP contribution in [0.1, 0.15) is 39.0 Å². The van der Waals surface area contributed by atoms with E-state index in [9.17, 15) is 14.4 Å². The van der Waals surface area contributed by atoms with E-state index in [0.717, 1.165) is 27.9 Å². The van der Waals surface area contributed by atoms with E-state index in [4.69, 9.17) is 0 Å². The van der Waals surface area contributed by atoms with Crippen molar-refractivity contribution in [1.29, 1.82) is 0 Å². The van der Waals surface area contributed by atoms with Crippen molar-refractivity contribution in [2.24, 2.45) is 5.92 Å². The highest BCUT2D eigenvalue weighted by atomic mass is 16.2. The van der Waals surface area contributed by atoms with Gasteiger partial charge in [-0.15, -0.1) is 0 Å². The van der Waals surface area contributed by atoms with Crippen LogP contribution in [0.3, 0.4) is 0 Å². The normalized spacial score (nSPS) is 15.3. The topological polar surface area (TPSA) is 78.5 Å². The second kappa shape index (κ2) is 9.91. The van der Waals surface area contributed by atoms with E-state index < -0.39 is 5.92 Å². The summed E-state index contributed by atoms with van der Waals surface area (Å²) in [6.07, 6.45) is 0.140. The smallest absolute Gasteiger partial charge is 0.253 e. The van der Waals surface area contributed by atoms with Gasteiger partial charge in [-0.25, -0.2) is 0 Å². The number of carbonyl (C=O) groups is 3. The number of hydrogen-bond donors (Lipinski definition) is 2. The van der Waals surface area contributed by atoms with Gasteiger partial charge in [0, 0.05) is 25.2 Å². The van der Waals surface area contributed by atoms with Crippen LogP contribution in [-0.4, -0.2) is 24.3 Å². The van der Waals surface area contributed by atoms with Crippen LogP contribution in [-0.2, 0) is 16.1 Å². The van der Waals surface area contributed by atoms with Gasteiger partial charge in [0.05, 0.1) is 17.2 Å². The molecular weight excluding hydrogens is 426 g/mol. The first-order valence-electron chi connectivity index (χ1n) is 11.4. The van der Waals surface area contributed by atoms with Crippen LogP contribution in [0, 0.1) is 26.7 Å². The number of hydrogen-bond acceptors (Lipinski definition) is 3. The van der Waals surface area contributed by atoms with Gasteiger partial charge in [-0.2, -0.15) is 0 Å². The van der Waals surface area contributed by atoms with E-state index in [1.54, 1.807) is 29.2 Å².